The molecule has 1 aliphatic carbocycles. The molecule has 0 unspecified atom stereocenters. The summed E-state index contributed by atoms with van der Waals surface area (Å²) in [6.45, 7) is -0.537. The molecule has 128 valence electrons. The van der Waals surface area contributed by atoms with Gasteiger partial charge in [-0.05, 0) is 19.3 Å². The Morgan fingerprint density at radius 3 is 2.70 bits per heavy atom. The van der Waals surface area contributed by atoms with Crippen LogP contribution < -0.4 is 5.32 Å². The minimum absolute atomic E-state index is 0.0535. The molecule has 2 aliphatic rings. The monoisotopic (exact) mass is 328 g/mol. The van der Waals surface area contributed by atoms with Crippen LogP contribution in [-0.4, -0.2) is 78.6 Å². The predicted octanol–water partition coefficient (Wildman–Crippen LogP) is -2.47. The number of hydrogen-bond acceptors (Lipinski definition) is 8. The molecule has 0 bridgehead atoms. The van der Waals surface area contributed by atoms with E-state index in [0.29, 0.717) is 0 Å². The third-order valence-electron chi connectivity index (χ3n) is 4.36. The molecule has 23 heavy (non-hydrogen) atoms. The first kappa shape index (κ1) is 16.3. The summed E-state index contributed by atoms with van der Waals surface area (Å²) in [6.07, 6.45) is -1.22. The molecular weight excluding hydrogens is 308 g/mol. The van der Waals surface area contributed by atoms with Crippen molar-refractivity contribution in [3.8, 4) is 0 Å². The summed E-state index contributed by atoms with van der Waals surface area (Å²) in [4.78, 5) is 12.0. The number of ether oxygens (including phenoxy) is 1. The first-order chi connectivity index (χ1) is 11.0. The van der Waals surface area contributed by atoms with E-state index in [4.69, 9.17) is 9.84 Å². The fourth-order valence-corrected chi connectivity index (χ4v) is 2.73. The van der Waals surface area contributed by atoms with Crippen LogP contribution in [0.2, 0.25) is 0 Å². The van der Waals surface area contributed by atoms with Gasteiger partial charge in [-0.2, -0.15) is 0 Å². The van der Waals surface area contributed by atoms with Gasteiger partial charge in [-0.3, -0.25) is 4.79 Å². The molecule has 1 amide bonds. The van der Waals surface area contributed by atoms with Gasteiger partial charge in [-0.15, -0.1) is 5.10 Å². The van der Waals surface area contributed by atoms with Crippen LogP contribution in [0, 0.1) is 0 Å². The highest BCUT2D eigenvalue weighted by Gasteiger charge is 2.45. The van der Waals surface area contributed by atoms with E-state index in [9.17, 15) is 20.1 Å². The van der Waals surface area contributed by atoms with E-state index in [1.54, 1.807) is 0 Å². The SMILES string of the molecule is O=C(NC1CCC1)c1cn([C@@H]2[C@@H](O)[C@H](O)O[C@H](CO)[C@@H]2O)nn1. The molecular formula is C13H20N4O6. The van der Waals surface area contributed by atoms with Gasteiger partial charge in [0.15, 0.2) is 12.0 Å². The minimum atomic E-state index is -1.59. The zero-order valence-corrected chi connectivity index (χ0v) is 12.3. The van der Waals surface area contributed by atoms with Gasteiger partial charge in [0.25, 0.3) is 5.91 Å². The maximum absolute atomic E-state index is 12.0. The maximum Gasteiger partial charge on any atom is 0.273 e. The summed E-state index contributed by atoms with van der Waals surface area (Å²) in [5, 5.41) is 49.3. The van der Waals surface area contributed by atoms with Crippen LogP contribution in [0.4, 0.5) is 0 Å². The molecule has 1 saturated heterocycles. The number of amides is 1. The molecule has 0 aromatic carbocycles. The Morgan fingerprint density at radius 1 is 1.35 bits per heavy atom. The average molecular weight is 328 g/mol. The van der Waals surface area contributed by atoms with Crippen molar-refractivity contribution >= 4 is 5.91 Å². The zero-order chi connectivity index (χ0) is 16.6. The van der Waals surface area contributed by atoms with E-state index in [1.807, 2.05) is 0 Å². The summed E-state index contributed by atoms with van der Waals surface area (Å²) >= 11 is 0. The average Bonchev–Trinajstić information content (AvgIpc) is 2.96. The van der Waals surface area contributed by atoms with E-state index in [2.05, 4.69) is 15.6 Å². The Balaban J connectivity index is 1.75. The molecule has 0 radical (unpaired) electrons. The quantitative estimate of drug-likeness (QED) is 0.408. The summed E-state index contributed by atoms with van der Waals surface area (Å²) in [7, 11) is 0. The molecule has 2 heterocycles. The molecule has 5 N–H and O–H groups in total. The Labute approximate surface area is 131 Å². The number of aromatic nitrogens is 3. The molecule has 0 spiro atoms. The van der Waals surface area contributed by atoms with Gasteiger partial charge in [0.2, 0.25) is 0 Å². The van der Waals surface area contributed by atoms with Crippen molar-refractivity contribution in [2.24, 2.45) is 0 Å². The number of hydrogen-bond donors (Lipinski definition) is 5. The normalized spacial score (nSPS) is 34.9. The van der Waals surface area contributed by atoms with Crippen LogP contribution in [0.25, 0.3) is 0 Å². The van der Waals surface area contributed by atoms with Crippen molar-refractivity contribution in [3.05, 3.63) is 11.9 Å². The molecule has 10 heteroatoms. The molecule has 1 aromatic heterocycles. The lowest BCUT2D eigenvalue weighted by molar-refractivity contribution is -0.270. The lowest BCUT2D eigenvalue weighted by Gasteiger charge is -2.39. The van der Waals surface area contributed by atoms with Crippen LogP contribution in [-0.2, 0) is 4.74 Å². The van der Waals surface area contributed by atoms with Gasteiger partial charge in [-0.1, -0.05) is 5.21 Å². The first-order valence-electron chi connectivity index (χ1n) is 7.54. The maximum atomic E-state index is 12.0. The Morgan fingerprint density at radius 2 is 2.09 bits per heavy atom. The highest BCUT2D eigenvalue weighted by atomic mass is 16.6. The van der Waals surface area contributed by atoms with Gasteiger partial charge >= 0.3 is 0 Å². The van der Waals surface area contributed by atoms with Gasteiger partial charge < -0.3 is 30.5 Å². The Hall–Kier alpha value is -1.59. The van der Waals surface area contributed by atoms with Gasteiger partial charge in [0.05, 0.1) is 12.8 Å². The zero-order valence-electron chi connectivity index (χ0n) is 12.3. The van der Waals surface area contributed by atoms with Gasteiger partial charge in [0, 0.05) is 6.04 Å². The number of aliphatic hydroxyl groups is 4. The van der Waals surface area contributed by atoms with E-state index < -0.39 is 37.3 Å². The van der Waals surface area contributed by atoms with Crippen molar-refractivity contribution in [1.82, 2.24) is 20.3 Å². The van der Waals surface area contributed by atoms with Crippen LogP contribution in [0.15, 0.2) is 6.20 Å². The van der Waals surface area contributed by atoms with Gasteiger partial charge in [-0.25, -0.2) is 4.68 Å². The lowest BCUT2D eigenvalue weighted by atomic mass is 9.93. The van der Waals surface area contributed by atoms with E-state index >= 15 is 0 Å². The standard InChI is InChI=1S/C13H20N4O6/c18-5-8-10(19)9(11(20)13(22)23-8)17-4-7(15-16-17)12(21)14-6-2-1-3-6/h4,6,8-11,13,18-20,22H,1-3,5H2,(H,14,21)/t8-,9+,10+,11-,13-/m1/s1. The van der Waals surface area contributed by atoms with Crippen LogP contribution in [0.1, 0.15) is 35.8 Å². The van der Waals surface area contributed by atoms with Crippen LogP contribution in [0.3, 0.4) is 0 Å². The molecule has 2 fully saturated rings. The van der Waals surface area contributed by atoms with Crippen LogP contribution >= 0.6 is 0 Å². The van der Waals surface area contributed by atoms with Gasteiger partial charge in [0.1, 0.15) is 24.4 Å². The van der Waals surface area contributed by atoms with Crippen LogP contribution in [0.5, 0.6) is 0 Å². The van der Waals surface area contributed by atoms with Crippen molar-refractivity contribution < 1.29 is 30.0 Å². The lowest BCUT2D eigenvalue weighted by Crippen LogP contribution is -2.55. The summed E-state index contributed by atoms with van der Waals surface area (Å²) < 4.78 is 6.02. The smallest absolute Gasteiger partial charge is 0.273 e. The topological polar surface area (TPSA) is 150 Å². The van der Waals surface area contributed by atoms with E-state index in [0.717, 1.165) is 23.9 Å². The highest BCUT2D eigenvalue weighted by Crippen LogP contribution is 2.28. The molecule has 5 atom stereocenters. The molecule has 1 aromatic rings. The number of carbonyl (C=O) groups is 1. The number of carbonyl (C=O) groups excluding carboxylic acids is 1. The highest BCUT2D eigenvalue weighted by molar-refractivity contribution is 5.92. The molecule has 1 saturated carbocycles. The number of nitrogens with zero attached hydrogens (tertiary/aromatic N) is 3. The fourth-order valence-electron chi connectivity index (χ4n) is 2.73. The summed E-state index contributed by atoms with van der Waals surface area (Å²) in [5.41, 5.74) is 0.0535. The van der Waals surface area contributed by atoms with E-state index in [1.165, 1.54) is 6.20 Å². The van der Waals surface area contributed by atoms with Crippen molar-refractivity contribution in [2.45, 2.75) is 55.9 Å². The van der Waals surface area contributed by atoms with Crippen molar-refractivity contribution in [1.29, 1.82) is 0 Å². The Bertz CT molecular complexity index is 562. The number of nitrogens with one attached hydrogen (secondary N) is 1. The summed E-state index contributed by atoms with van der Waals surface area (Å²) in [6, 6.07) is -0.943. The third-order valence-corrected chi connectivity index (χ3v) is 4.36. The molecule has 3 rings (SSSR count). The second-order valence-electron chi connectivity index (χ2n) is 5.90. The van der Waals surface area contributed by atoms with Crippen molar-refractivity contribution in [3.63, 3.8) is 0 Å². The van der Waals surface area contributed by atoms with E-state index in [-0.39, 0.29) is 17.6 Å². The fraction of sp³-hybridized carbons (Fsp3) is 0.769. The predicted molar refractivity (Wildman–Crippen MR) is 74.1 cm³/mol. The Kier molecular flexibility index (Phi) is 4.60. The molecule has 1 aliphatic heterocycles. The van der Waals surface area contributed by atoms with Crippen molar-refractivity contribution in [2.75, 3.05) is 6.61 Å². The second-order valence-corrected chi connectivity index (χ2v) is 5.90. The third kappa shape index (κ3) is 3.08. The minimum Gasteiger partial charge on any atom is -0.394 e. The summed E-state index contributed by atoms with van der Waals surface area (Å²) in [5.74, 6) is -0.378. The second kappa shape index (κ2) is 6.49. The molecule has 10 nitrogen and oxygen atoms in total. The number of rotatable bonds is 4. The first-order valence-corrected chi connectivity index (χ1v) is 7.54. The largest absolute Gasteiger partial charge is 0.394 e. The number of aliphatic hydroxyl groups excluding tert-OH is 4.